The third-order valence-corrected chi connectivity index (χ3v) is 10.5. The van der Waals surface area contributed by atoms with Crippen LogP contribution >= 0.6 is 0 Å². The van der Waals surface area contributed by atoms with Crippen molar-refractivity contribution in [3.63, 3.8) is 0 Å². The smallest absolute Gasteiger partial charge is 0.871 e. The van der Waals surface area contributed by atoms with Crippen LogP contribution < -0.4 is 99.1 Å². The molecule has 6 rings (SSSR count). The summed E-state index contributed by atoms with van der Waals surface area (Å²) in [5.41, 5.74) is 1.73. The van der Waals surface area contributed by atoms with Crippen LogP contribution in [-0.4, -0.2) is 38.9 Å². The number of hydrogen-bond donors (Lipinski definition) is 2. The van der Waals surface area contributed by atoms with Crippen molar-refractivity contribution in [2.75, 3.05) is 5.32 Å². The number of aryl methyl sites for hydroxylation is 2. The Morgan fingerprint density at radius 2 is 1.16 bits per heavy atom. The topological polar surface area (TPSA) is 253 Å². The van der Waals surface area contributed by atoms with Crippen molar-refractivity contribution in [1.29, 1.82) is 0 Å². The van der Waals surface area contributed by atoms with E-state index in [0.29, 0.717) is 16.8 Å². The Morgan fingerprint density at radius 1 is 0.564 bits per heavy atom. The quantitative estimate of drug-likeness (QED) is 0.0947. The molecule has 0 unspecified atom stereocenters. The zero-order valence-corrected chi connectivity index (χ0v) is 38.3. The van der Waals surface area contributed by atoms with Gasteiger partial charge in [-0.25, -0.2) is 16.8 Å². The summed E-state index contributed by atoms with van der Waals surface area (Å²) in [5.74, 6) is -0.789. The van der Waals surface area contributed by atoms with E-state index in [1.54, 1.807) is 26.0 Å². The van der Waals surface area contributed by atoms with Crippen LogP contribution in [0, 0.1) is 13.8 Å². The first-order valence-electron chi connectivity index (χ1n) is 14.9. The van der Waals surface area contributed by atoms with Crippen LogP contribution in [0.1, 0.15) is 11.1 Å². The molecule has 0 saturated carbocycles. The third-order valence-electron chi connectivity index (χ3n) is 7.86. The molecule has 0 fully saturated rings. The van der Waals surface area contributed by atoms with Crippen molar-refractivity contribution in [3.05, 3.63) is 108 Å². The molecule has 0 aromatic heterocycles. The molecular weight excluding hydrogens is 804 g/mol. The molecule has 0 heterocycles. The molecule has 6 aromatic carbocycles. The van der Waals surface area contributed by atoms with Gasteiger partial charge in [-0.05, 0) is 96.4 Å². The Hall–Kier alpha value is -2.63. The van der Waals surface area contributed by atoms with Crippen molar-refractivity contribution in [2.24, 2.45) is 20.5 Å². The number of para-hydroxylation sites is 1. The van der Waals surface area contributed by atoms with Crippen LogP contribution in [0.5, 0.6) is 5.75 Å². The summed E-state index contributed by atoms with van der Waals surface area (Å²) in [6.07, 6.45) is 0. The summed E-state index contributed by atoms with van der Waals surface area (Å²) >= 11 is 0. The number of rotatable bonds is 9. The SMILES string of the molecule is Cc1cc(N=Nc2c(S(=O)(=O)O)cc3cc(Nc4ccccc4)ccc3c2[O-])c(C)cc1N=Nc1cc(S(=O)(=O)[O-])c2cccc(S(=O)(=O)[O-])c2c1.[Na+].[Na+].[Na+]. The van der Waals surface area contributed by atoms with Gasteiger partial charge in [-0.2, -0.15) is 23.8 Å². The van der Waals surface area contributed by atoms with Crippen LogP contribution in [0.4, 0.5) is 34.1 Å². The molecule has 0 aliphatic heterocycles. The first-order valence-corrected chi connectivity index (χ1v) is 19.2. The fourth-order valence-electron chi connectivity index (χ4n) is 5.40. The predicted octanol–water partition coefficient (Wildman–Crippen LogP) is -1.68. The Labute approximate surface area is 382 Å². The molecule has 0 saturated heterocycles. The molecule has 0 aliphatic rings. The number of azo groups is 2. The van der Waals surface area contributed by atoms with E-state index in [2.05, 4.69) is 25.8 Å². The van der Waals surface area contributed by atoms with Crippen LogP contribution in [0.3, 0.4) is 0 Å². The van der Waals surface area contributed by atoms with Gasteiger partial charge in [0.25, 0.3) is 10.1 Å². The molecule has 15 nitrogen and oxygen atoms in total. The largest absolute Gasteiger partial charge is 1.00 e. The van der Waals surface area contributed by atoms with E-state index in [4.69, 9.17) is 0 Å². The average molecular weight is 828 g/mol. The van der Waals surface area contributed by atoms with E-state index in [1.165, 1.54) is 24.3 Å². The van der Waals surface area contributed by atoms with Crippen LogP contribution in [0.2, 0.25) is 0 Å². The van der Waals surface area contributed by atoms with Crippen LogP contribution in [-0.2, 0) is 30.4 Å². The monoisotopic (exact) mass is 827 g/mol. The molecule has 0 aliphatic carbocycles. The van der Waals surface area contributed by atoms with Gasteiger partial charge in [0.2, 0.25) is 0 Å². The minimum Gasteiger partial charge on any atom is -0.871 e. The van der Waals surface area contributed by atoms with E-state index in [1.807, 2.05) is 30.3 Å². The fraction of sp³-hybridized carbons (Fsp3) is 0.0588. The number of hydrogen-bond acceptors (Lipinski definition) is 14. The maximum absolute atomic E-state index is 13.5. The minimum absolute atomic E-state index is 0. The summed E-state index contributed by atoms with van der Waals surface area (Å²) in [6, 6.07) is 23.2. The first kappa shape index (κ1) is 46.8. The van der Waals surface area contributed by atoms with Crippen LogP contribution in [0.25, 0.3) is 21.5 Å². The van der Waals surface area contributed by atoms with Crippen LogP contribution in [0.15, 0.2) is 132 Å². The van der Waals surface area contributed by atoms with Gasteiger partial charge in [-0.1, -0.05) is 42.1 Å². The van der Waals surface area contributed by atoms with Gasteiger partial charge >= 0.3 is 88.7 Å². The van der Waals surface area contributed by atoms with Gasteiger partial charge in [0.15, 0.2) is 0 Å². The van der Waals surface area contributed by atoms with Gasteiger partial charge in [0.1, 0.15) is 25.1 Å². The molecule has 0 atom stereocenters. The molecule has 0 spiro atoms. The van der Waals surface area contributed by atoms with Crippen molar-refractivity contribution in [3.8, 4) is 5.75 Å². The average Bonchev–Trinajstić information content (AvgIpc) is 3.06. The molecule has 0 bridgehead atoms. The second-order valence-corrected chi connectivity index (χ2v) is 15.6. The summed E-state index contributed by atoms with van der Waals surface area (Å²) in [7, 11) is -15.1. The van der Waals surface area contributed by atoms with Crippen molar-refractivity contribution in [1.82, 2.24) is 0 Å². The number of nitrogens with one attached hydrogen (secondary N) is 1. The number of fused-ring (bicyclic) bond motifs is 2. The first-order chi connectivity index (χ1) is 24.4. The molecule has 6 aromatic rings. The summed E-state index contributed by atoms with van der Waals surface area (Å²) in [6.45, 7) is 3.20. The van der Waals surface area contributed by atoms with E-state index in [9.17, 15) is 44.0 Å². The second-order valence-electron chi connectivity index (χ2n) is 11.5. The van der Waals surface area contributed by atoms with E-state index in [-0.39, 0.29) is 127 Å². The molecule has 2 N–H and O–H groups in total. The summed E-state index contributed by atoms with van der Waals surface area (Å²) in [4.78, 5) is -2.29. The summed E-state index contributed by atoms with van der Waals surface area (Å²) in [5, 5.41) is 32.5. The Morgan fingerprint density at radius 3 is 1.75 bits per heavy atom. The Kier molecular flexibility index (Phi) is 15.6. The van der Waals surface area contributed by atoms with Gasteiger partial charge in [0, 0.05) is 22.1 Å². The van der Waals surface area contributed by atoms with Crippen molar-refractivity contribution < 1.29 is 133 Å². The zero-order chi connectivity index (χ0) is 37.6. The normalized spacial score (nSPS) is 12.0. The third kappa shape index (κ3) is 10.7. The maximum Gasteiger partial charge on any atom is 1.00 e. The van der Waals surface area contributed by atoms with Crippen molar-refractivity contribution >= 4 is 86.0 Å². The van der Waals surface area contributed by atoms with E-state index in [0.717, 1.165) is 36.0 Å². The predicted molar refractivity (Wildman–Crippen MR) is 187 cm³/mol. The van der Waals surface area contributed by atoms with E-state index < -0.39 is 56.5 Å². The molecular formula is C34H24N5Na3O10S3. The molecule has 266 valence electrons. The standard InChI is InChI=1S/C34H27N5O10S3.3Na/c1-19-14-29(20(2)13-28(19)37-36-24-17-27-26(31(18-24)51(44,45)46)9-6-10-30(27)50(41,42)43)38-39-33-32(52(47,48)49)16-21-15-23(11-12-25(21)34(33)40)35-22-7-4-3-5-8-22;;;/h3-18,35,40H,1-2H3,(H,41,42,43)(H,44,45,46)(H,47,48,49);;;/q;3*+1/p-3. The number of anilines is 2. The fourth-order valence-corrected chi connectivity index (χ4v) is 7.45. The second kappa shape index (κ2) is 18.3. The Bertz CT molecular complexity index is 2840. The van der Waals surface area contributed by atoms with E-state index >= 15 is 0 Å². The molecule has 0 amide bonds. The maximum atomic E-state index is 13.5. The van der Waals surface area contributed by atoms with Crippen molar-refractivity contribution in [2.45, 2.75) is 28.5 Å². The number of nitrogens with zero attached hydrogens (tertiary/aromatic N) is 4. The van der Waals surface area contributed by atoms with Gasteiger partial charge in [0.05, 0.1) is 32.5 Å². The van der Waals surface area contributed by atoms with Gasteiger partial charge < -0.3 is 19.5 Å². The molecule has 21 heteroatoms. The van der Waals surface area contributed by atoms with Gasteiger partial charge in [-0.3, -0.25) is 4.55 Å². The number of benzene rings is 6. The minimum atomic E-state index is -5.14. The Balaban J connectivity index is 0.00000271. The molecule has 0 radical (unpaired) electrons. The molecule has 55 heavy (non-hydrogen) atoms. The zero-order valence-electron chi connectivity index (χ0n) is 29.9. The van der Waals surface area contributed by atoms with Gasteiger partial charge in [-0.15, -0.1) is 5.11 Å². The summed E-state index contributed by atoms with van der Waals surface area (Å²) < 4.78 is 106.